The Kier molecular flexibility index (Phi) is 8.37. The number of rotatable bonds is 0. The van der Waals surface area contributed by atoms with Gasteiger partial charge in [0.25, 0.3) is 0 Å². The highest BCUT2D eigenvalue weighted by atomic mass is 14.7. The quantitative estimate of drug-likeness (QED) is 0.146. The minimum absolute atomic E-state index is 0.636. The van der Waals surface area contributed by atoms with E-state index in [-0.39, 0.29) is 0 Å². The lowest BCUT2D eigenvalue weighted by molar-refractivity contribution is 1.26. The van der Waals surface area contributed by atoms with E-state index >= 15 is 0 Å². The van der Waals surface area contributed by atoms with Gasteiger partial charge in [-0.2, -0.15) is 0 Å². The highest BCUT2D eigenvalue weighted by molar-refractivity contribution is 5.91. The number of hydrogen-bond donors (Lipinski definition) is 0. The van der Waals surface area contributed by atoms with Crippen molar-refractivity contribution in [3.05, 3.63) is 211 Å². The summed E-state index contributed by atoms with van der Waals surface area (Å²) in [6.45, 7) is 42.9. The molecule has 0 heterocycles. The lowest BCUT2D eigenvalue weighted by atomic mass is 10.0. The highest BCUT2D eigenvalue weighted by Crippen LogP contribution is 2.47. The highest BCUT2D eigenvalue weighted by Gasteiger charge is 2.24. The molecular weight excluding hydrogens is 625 g/mol. The zero-order valence-electron chi connectivity index (χ0n) is 27.2. The van der Waals surface area contributed by atoms with Gasteiger partial charge in [0.2, 0.25) is 0 Å². The van der Waals surface area contributed by atoms with Crippen LogP contribution in [0.2, 0.25) is 0 Å². The predicted octanol–water partition coefficient (Wildman–Crippen LogP) is 13.1. The molecule has 0 atom stereocenters. The molecule has 6 heteroatoms. The SMILES string of the molecule is [C-]#[N+]c1ccc2c(c1)-c1c(cccc1[N+]#[C-])C2.[C-]#[N+]c1ccc2c(c1)Cc1cccc([N+]#[C-])c1-2.[C-]#[N+]c1cccc2c1Cc1cccc([N+]#[C-])c1-2. The van der Waals surface area contributed by atoms with Crippen molar-refractivity contribution in [2.24, 2.45) is 0 Å². The number of benzene rings is 6. The second-order valence-corrected chi connectivity index (χ2v) is 12.1. The second kappa shape index (κ2) is 13.4. The molecule has 0 unspecified atom stereocenters. The van der Waals surface area contributed by atoms with Crippen LogP contribution < -0.4 is 0 Å². The van der Waals surface area contributed by atoms with Gasteiger partial charge in [-0.05, 0) is 92.1 Å². The maximum atomic E-state index is 7.22. The average molecular weight is 649 g/mol. The van der Waals surface area contributed by atoms with Crippen LogP contribution in [0.15, 0.2) is 109 Å². The molecule has 0 saturated carbocycles. The Balaban J connectivity index is 0.000000119. The minimum Gasteiger partial charge on any atom is -0.238 e. The fourth-order valence-electron chi connectivity index (χ4n) is 7.17. The average Bonchev–Trinajstić information content (AvgIpc) is 3.88. The topological polar surface area (TPSA) is 26.2 Å². The Morgan fingerprint density at radius 2 is 0.804 bits per heavy atom. The molecule has 0 N–H and O–H groups in total. The lowest BCUT2D eigenvalue weighted by Crippen LogP contribution is -1.79. The van der Waals surface area contributed by atoms with Crippen molar-refractivity contribution in [1.82, 2.24) is 0 Å². The van der Waals surface area contributed by atoms with Gasteiger partial charge in [0, 0.05) is 0 Å². The maximum absolute atomic E-state index is 7.22. The summed E-state index contributed by atoms with van der Waals surface area (Å²) in [5.74, 6) is 0. The van der Waals surface area contributed by atoms with Gasteiger partial charge < -0.3 is 0 Å². The number of fused-ring (bicyclic) bond motifs is 9. The van der Waals surface area contributed by atoms with E-state index in [2.05, 4.69) is 41.2 Å². The molecule has 0 fully saturated rings. The third kappa shape index (κ3) is 5.63. The van der Waals surface area contributed by atoms with Gasteiger partial charge >= 0.3 is 0 Å². The van der Waals surface area contributed by atoms with Crippen LogP contribution in [0.25, 0.3) is 62.5 Å². The summed E-state index contributed by atoms with van der Waals surface area (Å²) < 4.78 is 0. The van der Waals surface area contributed by atoms with Crippen LogP contribution >= 0.6 is 0 Å². The first-order valence-corrected chi connectivity index (χ1v) is 16.0. The summed E-state index contributed by atoms with van der Waals surface area (Å²) in [5, 5.41) is 0. The molecule has 0 aromatic heterocycles. The molecular formula is C45H24N6. The summed E-state index contributed by atoms with van der Waals surface area (Å²) in [7, 11) is 0. The zero-order valence-corrected chi connectivity index (χ0v) is 27.2. The first kappa shape index (κ1) is 31.8. The third-order valence-electron chi connectivity index (χ3n) is 9.40. The van der Waals surface area contributed by atoms with E-state index in [1.54, 1.807) is 0 Å². The van der Waals surface area contributed by atoms with Crippen molar-refractivity contribution in [3.63, 3.8) is 0 Å². The van der Waals surface area contributed by atoms with Gasteiger partial charge in [0.05, 0.1) is 39.4 Å². The smallest absolute Gasteiger partial charge is 0.195 e. The van der Waals surface area contributed by atoms with Crippen molar-refractivity contribution < 1.29 is 0 Å². The minimum atomic E-state index is 0.636. The maximum Gasteiger partial charge on any atom is 0.195 e. The molecule has 3 aliphatic rings. The first-order valence-electron chi connectivity index (χ1n) is 16.0. The first-order chi connectivity index (χ1) is 25.0. The van der Waals surface area contributed by atoms with Gasteiger partial charge in [-0.25, -0.2) is 29.1 Å². The normalized spacial score (nSPS) is 11.2. The summed E-state index contributed by atoms with van der Waals surface area (Å²) in [6.07, 6.45) is 2.47. The van der Waals surface area contributed by atoms with E-state index in [1.165, 1.54) is 16.7 Å². The molecule has 0 aliphatic heterocycles. The Bertz CT molecular complexity index is 2670. The molecule has 0 spiro atoms. The lowest BCUT2D eigenvalue weighted by Gasteiger charge is -2.03. The molecule has 0 bridgehead atoms. The van der Waals surface area contributed by atoms with E-state index in [0.29, 0.717) is 34.1 Å². The van der Waals surface area contributed by atoms with Crippen LogP contribution in [0, 0.1) is 39.4 Å². The standard InChI is InChI=1S/3C15H8N2/c1-16-13-7-4-6-11-12(13)9-10-5-3-8-14(17-2)15(10)11;1-16-12-7-6-10-8-11-4-3-5-14(17-2)15(11)13(10)9-12;1-16-12-6-7-13-11(9-12)8-10-4-3-5-14(17-2)15(10)13/h3-8H,9H2;2*3-7,9H,8H2. The number of nitrogens with zero attached hydrogens (tertiary/aromatic N) is 6. The monoisotopic (exact) mass is 648 g/mol. The van der Waals surface area contributed by atoms with Crippen LogP contribution in [0.1, 0.15) is 33.4 Å². The molecule has 0 radical (unpaired) electrons. The Morgan fingerprint density at radius 1 is 0.333 bits per heavy atom. The van der Waals surface area contributed by atoms with Gasteiger partial charge in [-0.15, -0.1) is 0 Å². The van der Waals surface area contributed by atoms with Gasteiger partial charge in [0.15, 0.2) is 34.1 Å². The molecule has 234 valence electrons. The largest absolute Gasteiger partial charge is 0.238 e. The second-order valence-electron chi connectivity index (χ2n) is 12.1. The van der Waals surface area contributed by atoms with Crippen LogP contribution in [0.4, 0.5) is 34.1 Å². The fourth-order valence-corrected chi connectivity index (χ4v) is 7.17. The van der Waals surface area contributed by atoms with E-state index in [0.717, 1.165) is 69.3 Å². The fraction of sp³-hybridized carbons (Fsp3) is 0.0667. The summed E-state index contributed by atoms with van der Waals surface area (Å²) >= 11 is 0. The molecule has 0 amide bonds. The molecule has 0 saturated heterocycles. The van der Waals surface area contributed by atoms with Crippen LogP contribution in [-0.4, -0.2) is 0 Å². The molecule has 6 aromatic carbocycles. The van der Waals surface area contributed by atoms with Crippen LogP contribution in [0.5, 0.6) is 0 Å². The van der Waals surface area contributed by atoms with Crippen molar-refractivity contribution >= 4 is 34.1 Å². The molecule has 9 rings (SSSR count). The molecule has 6 nitrogen and oxygen atoms in total. The summed E-state index contributed by atoms with van der Waals surface area (Å²) in [4.78, 5) is 21.2. The van der Waals surface area contributed by atoms with E-state index in [4.69, 9.17) is 39.4 Å². The molecule has 51 heavy (non-hydrogen) atoms. The Labute approximate surface area is 297 Å². The van der Waals surface area contributed by atoms with Gasteiger partial charge in [-0.1, -0.05) is 103 Å². The van der Waals surface area contributed by atoms with E-state index in [1.807, 2.05) is 97.1 Å². The Hall–Kier alpha value is -7.74. The van der Waals surface area contributed by atoms with Crippen molar-refractivity contribution in [1.29, 1.82) is 0 Å². The van der Waals surface area contributed by atoms with Crippen LogP contribution in [0.3, 0.4) is 0 Å². The van der Waals surface area contributed by atoms with Crippen molar-refractivity contribution in [3.8, 4) is 33.4 Å². The number of hydrogen-bond acceptors (Lipinski definition) is 0. The zero-order chi connectivity index (χ0) is 35.5. The van der Waals surface area contributed by atoms with Crippen molar-refractivity contribution in [2.45, 2.75) is 19.3 Å². The molecule has 6 aromatic rings. The van der Waals surface area contributed by atoms with E-state index < -0.39 is 0 Å². The van der Waals surface area contributed by atoms with Gasteiger partial charge in [-0.3, -0.25) is 0 Å². The van der Waals surface area contributed by atoms with Gasteiger partial charge in [0.1, 0.15) is 0 Å². The summed E-state index contributed by atoms with van der Waals surface area (Å²) in [5.41, 5.74) is 17.4. The van der Waals surface area contributed by atoms with Crippen LogP contribution in [-0.2, 0) is 19.3 Å². The Morgan fingerprint density at radius 3 is 1.39 bits per heavy atom. The summed E-state index contributed by atoms with van der Waals surface area (Å²) in [6, 6.07) is 34.6. The van der Waals surface area contributed by atoms with E-state index in [9.17, 15) is 0 Å². The van der Waals surface area contributed by atoms with Crippen molar-refractivity contribution in [2.75, 3.05) is 0 Å². The predicted molar refractivity (Wildman–Crippen MR) is 202 cm³/mol. The molecule has 3 aliphatic carbocycles. The third-order valence-corrected chi connectivity index (χ3v) is 9.40.